The second-order valence-corrected chi connectivity index (χ2v) is 4.13. The van der Waals surface area contributed by atoms with Gasteiger partial charge in [0, 0.05) is 12.3 Å². The highest BCUT2D eigenvalue weighted by atomic mass is 35.5. The van der Waals surface area contributed by atoms with Crippen molar-refractivity contribution in [2.45, 2.75) is 12.7 Å². The number of carbonyl (C=O) groups is 1. The second kappa shape index (κ2) is 6.75. The zero-order valence-corrected chi connectivity index (χ0v) is 10.8. The number of pyridine rings is 1. The molecule has 1 heterocycles. The molecule has 1 atom stereocenters. The Labute approximate surface area is 115 Å². The summed E-state index contributed by atoms with van der Waals surface area (Å²) in [6.45, 7) is 0. The van der Waals surface area contributed by atoms with E-state index in [-0.39, 0.29) is 6.42 Å². The largest absolute Gasteiger partial charge is 0.454 e. The van der Waals surface area contributed by atoms with Gasteiger partial charge in [-0.1, -0.05) is 24.3 Å². The van der Waals surface area contributed by atoms with Crippen LogP contribution in [-0.4, -0.2) is 16.5 Å². The van der Waals surface area contributed by atoms with Crippen molar-refractivity contribution in [1.82, 2.24) is 4.98 Å². The van der Waals surface area contributed by atoms with E-state index in [1.807, 2.05) is 18.2 Å². The van der Waals surface area contributed by atoms with E-state index < -0.39 is 11.5 Å². The van der Waals surface area contributed by atoms with Gasteiger partial charge in [0.1, 0.15) is 5.75 Å². The van der Waals surface area contributed by atoms with Crippen LogP contribution in [0.1, 0.15) is 6.42 Å². The number of rotatable bonds is 6. The molecule has 0 aliphatic rings. The van der Waals surface area contributed by atoms with Crippen molar-refractivity contribution in [3.8, 4) is 11.6 Å². The number of ether oxygens (including phenoxy) is 2. The Balaban J connectivity index is 2.06. The first kappa shape index (κ1) is 13.4. The molecule has 0 amide bonds. The third-order valence-electron chi connectivity index (χ3n) is 2.23. The molecule has 0 saturated carbocycles. The number of nitrogens with zero attached hydrogens (tertiary/aromatic N) is 1. The molecule has 1 aromatic heterocycles. The lowest BCUT2D eigenvalue weighted by molar-refractivity contribution is -0.116. The first-order valence-corrected chi connectivity index (χ1v) is 6.09. The summed E-state index contributed by atoms with van der Waals surface area (Å²) in [6, 6.07) is 14.3. The van der Waals surface area contributed by atoms with Crippen molar-refractivity contribution in [3.63, 3.8) is 0 Å². The topological polar surface area (TPSA) is 48.4 Å². The van der Waals surface area contributed by atoms with E-state index in [0.717, 1.165) is 0 Å². The van der Waals surface area contributed by atoms with Gasteiger partial charge in [0.2, 0.25) is 11.1 Å². The Kier molecular flexibility index (Phi) is 4.75. The molecule has 4 nitrogen and oxygen atoms in total. The molecule has 0 spiro atoms. The predicted octanol–water partition coefficient (Wildman–Crippen LogP) is 3.02. The number of halogens is 1. The average molecular weight is 278 g/mol. The third kappa shape index (κ3) is 4.60. The van der Waals surface area contributed by atoms with Gasteiger partial charge in [0.15, 0.2) is 0 Å². The van der Waals surface area contributed by atoms with E-state index in [9.17, 15) is 4.79 Å². The predicted molar refractivity (Wildman–Crippen MR) is 71.2 cm³/mol. The normalized spacial score (nSPS) is 11.6. The lowest BCUT2D eigenvalue weighted by atomic mass is 10.3. The number of hydrogen-bond donors (Lipinski definition) is 0. The Hall–Kier alpha value is -2.07. The molecule has 1 unspecified atom stereocenters. The standard InChI is InChI=1S/C14H12ClNO3/c15-12(17)10-14(18-11-6-2-1-3-7-11)19-13-8-4-5-9-16-13/h1-9,14H,10H2. The molecule has 0 aliphatic carbocycles. The second-order valence-electron chi connectivity index (χ2n) is 3.71. The van der Waals surface area contributed by atoms with E-state index in [4.69, 9.17) is 21.1 Å². The van der Waals surface area contributed by atoms with Gasteiger partial charge < -0.3 is 9.47 Å². The minimum absolute atomic E-state index is 0.0625. The molecule has 5 heteroatoms. The van der Waals surface area contributed by atoms with E-state index in [2.05, 4.69) is 4.98 Å². The van der Waals surface area contributed by atoms with Crippen LogP contribution in [0, 0.1) is 0 Å². The number of para-hydroxylation sites is 1. The molecule has 1 aromatic carbocycles. The Bertz CT molecular complexity index is 477. The fourth-order valence-corrected chi connectivity index (χ4v) is 1.57. The number of aromatic nitrogens is 1. The highest BCUT2D eigenvalue weighted by molar-refractivity contribution is 6.63. The van der Waals surface area contributed by atoms with Crippen LogP contribution < -0.4 is 9.47 Å². The highest BCUT2D eigenvalue weighted by Gasteiger charge is 2.16. The van der Waals surface area contributed by atoms with Gasteiger partial charge in [-0.05, 0) is 29.8 Å². The lowest BCUT2D eigenvalue weighted by Gasteiger charge is -2.18. The summed E-state index contributed by atoms with van der Waals surface area (Å²) in [5.74, 6) is 0.975. The quantitative estimate of drug-likeness (QED) is 0.601. The van der Waals surface area contributed by atoms with Crippen molar-refractivity contribution in [2.24, 2.45) is 0 Å². The van der Waals surface area contributed by atoms with Crippen LogP contribution >= 0.6 is 11.6 Å². The summed E-state index contributed by atoms with van der Waals surface area (Å²) < 4.78 is 11.1. The monoisotopic (exact) mass is 277 g/mol. The maximum absolute atomic E-state index is 11.0. The van der Waals surface area contributed by atoms with Crippen LogP contribution in [0.4, 0.5) is 0 Å². The fraction of sp³-hybridized carbons (Fsp3) is 0.143. The number of carbonyl (C=O) groups excluding carboxylic acids is 1. The molecule has 2 aromatic rings. The van der Waals surface area contributed by atoms with Crippen molar-refractivity contribution < 1.29 is 14.3 Å². The van der Waals surface area contributed by atoms with Crippen molar-refractivity contribution in [3.05, 3.63) is 54.7 Å². The van der Waals surface area contributed by atoms with Gasteiger partial charge >= 0.3 is 0 Å². The molecule has 0 radical (unpaired) electrons. The van der Waals surface area contributed by atoms with Crippen molar-refractivity contribution in [2.75, 3.05) is 0 Å². The van der Waals surface area contributed by atoms with Gasteiger partial charge in [-0.2, -0.15) is 0 Å². The molecular weight excluding hydrogens is 266 g/mol. The SMILES string of the molecule is O=C(Cl)CC(Oc1ccccc1)Oc1ccccn1. The van der Waals surface area contributed by atoms with Crippen molar-refractivity contribution >= 4 is 16.8 Å². The van der Waals surface area contributed by atoms with E-state index in [1.54, 1.807) is 36.5 Å². The summed E-state index contributed by atoms with van der Waals surface area (Å²) in [4.78, 5) is 15.0. The maximum atomic E-state index is 11.0. The van der Waals surface area contributed by atoms with Crippen molar-refractivity contribution in [1.29, 1.82) is 0 Å². The van der Waals surface area contributed by atoms with Gasteiger partial charge in [-0.15, -0.1) is 0 Å². The zero-order chi connectivity index (χ0) is 13.5. The summed E-state index contributed by atoms with van der Waals surface area (Å²) in [7, 11) is 0. The Morgan fingerprint density at radius 1 is 1.11 bits per heavy atom. The van der Waals surface area contributed by atoms with Crippen LogP contribution in [0.3, 0.4) is 0 Å². The van der Waals surface area contributed by atoms with Gasteiger partial charge in [0.25, 0.3) is 6.29 Å². The van der Waals surface area contributed by atoms with Crippen LogP contribution in [0.5, 0.6) is 11.6 Å². The highest BCUT2D eigenvalue weighted by Crippen LogP contribution is 2.16. The van der Waals surface area contributed by atoms with Gasteiger partial charge in [0.05, 0.1) is 6.42 Å². The molecule has 0 N–H and O–H groups in total. The lowest BCUT2D eigenvalue weighted by Crippen LogP contribution is -2.26. The minimum Gasteiger partial charge on any atom is -0.454 e. The average Bonchev–Trinajstić information content (AvgIpc) is 2.40. The number of benzene rings is 1. The first-order valence-electron chi connectivity index (χ1n) is 5.72. The van der Waals surface area contributed by atoms with E-state index in [0.29, 0.717) is 11.6 Å². The minimum atomic E-state index is -0.803. The molecule has 0 bridgehead atoms. The van der Waals surface area contributed by atoms with Crippen LogP contribution in [0.25, 0.3) is 0 Å². The Morgan fingerprint density at radius 3 is 2.47 bits per heavy atom. The summed E-state index contributed by atoms with van der Waals surface area (Å²) in [5.41, 5.74) is 0. The third-order valence-corrected chi connectivity index (χ3v) is 2.38. The molecule has 2 rings (SSSR count). The fourth-order valence-electron chi connectivity index (χ4n) is 1.44. The van der Waals surface area contributed by atoms with Crippen LogP contribution in [-0.2, 0) is 4.79 Å². The first-order chi connectivity index (χ1) is 9.24. The summed E-state index contributed by atoms with van der Waals surface area (Å²) in [6.07, 6.45) is 0.729. The van der Waals surface area contributed by atoms with E-state index in [1.165, 1.54) is 0 Å². The molecular formula is C14H12ClNO3. The molecule has 0 aliphatic heterocycles. The van der Waals surface area contributed by atoms with Crippen LogP contribution in [0.15, 0.2) is 54.7 Å². The maximum Gasteiger partial charge on any atom is 0.251 e. The molecule has 19 heavy (non-hydrogen) atoms. The van der Waals surface area contributed by atoms with E-state index >= 15 is 0 Å². The zero-order valence-electron chi connectivity index (χ0n) is 10.0. The summed E-state index contributed by atoms with van der Waals surface area (Å²) >= 11 is 5.39. The Morgan fingerprint density at radius 2 is 1.84 bits per heavy atom. The smallest absolute Gasteiger partial charge is 0.251 e. The van der Waals surface area contributed by atoms with Gasteiger partial charge in [-0.3, -0.25) is 4.79 Å². The summed E-state index contributed by atoms with van der Waals surface area (Å²) in [5, 5.41) is -0.531. The van der Waals surface area contributed by atoms with Crippen LogP contribution in [0.2, 0.25) is 0 Å². The molecule has 0 fully saturated rings. The molecule has 98 valence electrons. The van der Waals surface area contributed by atoms with Gasteiger partial charge in [-0.25, -0.2) is 4.98 Å². The molecule has 0 saturated heterocycles. The number of hydrogen-bond acceptors (Lipinski definition) is 4.